The minimum absolute atomic E-state index is 0.206. The molecule has 0 aromatic heterocycles. The van der Waals surface area contributed by atoms with Crippen LogP contribution in [0.25, 0.3) is 0 Å². The third kappa shape index (κ3) is 3.44. The number of ether oxygens (including phenoxy) is 1. The first kappa shape index (κ1) is 14.3. The molecule has 4 heteroatoms. The number of rotatable bonds is 5. The molecule has 0 bridgehead atoms. The molecule has 0 amide bonds. The van der Waals surface area contributed by atoms with Crippen LogP contribution in [0.1, 0.15) is 37.8 Å². The van der Waals surface area contributed by atoms with Gasteiger partial charge in [-0.15, -0.1) is 0 Å². The van der Waals surface area contributed by atoms with Crippen molar-refractivity contribution in [2.24, 2.45) is 0 Å². The summed E-state index contributed by atoms with van der Waals surface area (Å²) in [6.07, 6.45) is 3.59. The highest BCUT2D eigenvalue weighted by Crippen LogP contribution is 2.25. The predicted molar refractivity (Wildman–Crippen MR) is 75.6 cm³/mol. The van der Waals surface area contributed by atoms with Gasteiger partial charge in [-0.3, -0.25) is 9.00 Å². The number of carbonyl (C=O) groups is 1. The Morgan fingerprint density at radius 3 is 2.84 bits per heavy atom. The summed E-state index contributed by atoms with van der Waals surface area (Å²) < 4.78 is 17.3. The molecule has 0 aliphatic heterocycles. The zero-order chi connectivity index (χ0) is 13.8. The lowest BCUT2D eigenvalue weighted by atomic mass is 10.1. The Morgan fingerprint density at radius 1 is 1.37 bits per heavy atom. The van der Waals surface area contributed by atoms with Crippen molar-refractivity contribution in [3.63, 3.8) is 0 Å². The standard InChI is InChI=1S/C15H20O3S/c1-3-18-15(16)9-11(2)19(17)14-8-7-12-5-4-6-13(12)10-14/h7-8,10-11H,3-6,9H2,1-2H3. The highest BCUT2D eigenvalue weighted by molar-refractivity contribution is 7.85. The van der Waals surface area contributed by atoms with Crippen LogP contribution >= 0.6 is 0 Å². The first-order valence-electron chi connectivity index (χ1n) is 6.79. The number of esters is 1. The third-order valence-corrected chi connectivity index (χ3v) is 5.04. The SMILES string of the molecule is CCOC(=O)CC(C)S(=O)c1ccc2c(c1)CCC2. The van der Waals surface area contributed by atoms with E-state index in [0.29, 0.717) is 6.61 Å². The summed E-state index contributed by atoms with van der Waals surface area (Å²) in [6, 6.07) is 6.05. The van der Waals surface area contributed by atoms with E-state index in [0.717, 1.165) is 17.7 Å². The number of aryl methyl sites for hydroxylation is 2. The molecule has 0 N–H and O–H groups in total. The Hall–Kier alpha value is -1.16. The predicted octanol–water partition coefficient (Wildman–Crippen LogP) is 2.62. The van der Waals surface area contributed by atoms with E-state index in [1.807, 2.05) is 19.1 Å². The van der Waals surface area contributed by atoms with Crippen LogP contribution in [0.4, 0.5) is 0 Å². The molecule has 0 saturated carbocycles. The summed E-state index contributed by atoms with van der Waals surface area (Å²) in [5.41, 5.74) is 2.69. The largest absolute Gasteiger partial charge is 0.466 e. The average Bonchev–Trinajstić information content (AvgIpc) is 2.85. The molecular weight excluding hydrogens is 260 g/mol. The molecule has 2 rings (SSSR count). The van der Waals surface area contributed by atoms with Crippen LogP contribution in [0.2, 0.25) is 0 Å². The monoisotopic (exact) mass is 280 g/mol. The van der Waals surface area contributed by atoms with E-state index in [2.05, 4.69) is 6.07 Å². The molecule has 0 heterocycles. The van der Waals surface area contributed by atoms with Crippen LogP contribution in [0.15, 0.2) is 23.1 Å². The lowest BCUT2D eigenvalue weighted by Crippen LogP contribution is -2.18. The first-order chi connectivity index (χ1) is 9.11. The molecule has 1 aromatic carbocycles. The van der Waals surface area contributed by atoms with Crippen LogP contribution in [0.5, 0.6) is 0 Å². The van der Waals surface area contributed by atoms with Crippen LogP contribution in [-0.4, -0.2) is 22.0 Å². The van der Waals surface area contributed by atoms with Crippen molar-refractivity contribution in [2.75, 3.05) is 6.61 Å². The second-order valence-corrected chi connectivity index (χ2v) is 6.77. The van der Waals surface area contributed by atoms with Gasteiger partial charge in [0.2, 0.25) is 0 Å². The van der Waals surface area contributed by atoms with Gasteiger partial charge >= 0.3 is 5.97 Å². The highest BCUT2D eigenvalue weighted by atomic mass is 32.2. The Bertz CT molecular complexity index is 496. The van der Waals surface area contributed by atoms with Crippen molar-refractivity contribution in [1.29, 1.82) is 0 Å². The third-order valence-electron chi connectivity index (χ3n) is 3.43. The topological polar surface area (TPSA) is 43.4 Å². The van der Waals surface area contributed by atoms with Crippen LogP contribution in [-0.2, 0) is 33.2 Å². The van der Waals surface area contributed by atoms with Crippen LogP contribution < -0.4 is 0 Å². The molecule has 1 aliphatic carbocycles. The van der Waals surface area contributed by atoms with E-state index in [1.165, 1.54) is 17.5 Å². The van der Waals surface area contributed by atoms with Gasteiger partial charge in [0.1, 0.15) is 0 Å². The minimum atomic E-state index is -1.15. The molecule has 0 saturated heterocycles. The maximum absolute atomic E-state index is 12.4. The van der Waals surface area contributed by atoms with Crippen molar-refractivity contribution in [1.82, 2.24) is 0 Å². The second-order valence-electron chi connectivity index (χ2n) is 4.90. The van der Waals surface area contributed by atoms with Crippen LogP contribution in [0.3, 0.4) is 0 Å². The number of benzene rings is 1. The summed E-state index contributed by atoms with van der Waals surface area (Å²) >= 11 is 0. The first-order valence-corrected chi connectivity index (χ1v) is 8.01. The van der Waals surface area contributed by atoms with Crippen LogP contribution in [0, 0.1) is 0 Å². The average molecular weight is 280 g/mol. The van der Waals surface area contributed by atoms with E-state index in [9.17, 15) is 9.00 Å². The zero-order valence-corrected chi connectivity index (χ0v) is 12.3. The lowest BCUT2D eigenvalue weighted by molar-refractivity contribution is -0.143. The highest BCUT2D eigenvalue weighted by Gasteiger charge is 2.20. The molecule has 3 nitrogen and oxygen atoms in total. The summed E-state index contributed by atoms with van der Waals surface area (Å²) in [4.78, 5) is 12.3. The fourth-order valence-corrected chi connectivity index (χ4v) is 3.65. The van der Waals surface area contributed by atoms with E-state index >= 15 is 0 Å². The molecule has 1 aromatic rings. The van der Waals surface area contributed by atoms with Gasteiger partial charge in [-0.05, 0) is 56.4 Å². The van der Waals surface area contributed by atoms with E-state index in [-0.39, 0.29) is 17.6 Å². The molecule has 0 radical (unpaired) electrons. The Balaban J connectivity index is 2.05. The minimum Gasteiger partial charge on any atom is -0.466 e. The summed E-state index contributed by atoms with van der Waals surface area (Å²) in [5, 5.41) is -0.210. The summed E-state index contributed by atoms with van der Waals surface area (Å²) in [6.45, 7) is 3.98. The Labute approximate surface area is 116 Å². The van der Waals surface area contributed by atoms with Gasteiger partial charge in [0.15, 0.2) is 0 Å². The van der Waals surface area contributed by atoms with Gasteiger partial charge in [-0.1, -0.05) is 6.07 Å². The van der Waals surface area contributed by atoms with Gasteiger partial charge < -0.3 is 4.74 Å². The van der Waals surface area contributed by atoms with Gasteiger partial charge in [0.05, 0.1) is 23.8 Å². The Kier molecular flexibility index (Phi) is 4.75. The molecule has 0 fully saturated rings. The zero-order valence-electron chi connectivity index (χ0n) is 11.5. The molecule has 2 unspecified atom stereocenters. The fraction of sp³-hybridized carbons (Fsp3) is 0.533. The van der Waals surface area contributed by atoms with Crippen molar-refractivity contribution in [3.05, 3.63) is 29.3 Å². The van der Waals surface area contributed by atoms with Gasteiger partial charge in [0, 0.05) is 10.1 Å². The lowest BCUT2D eigenvalue weighted by Gasteiger charge is -2.12. The number of hydrogen-bond acceptors (Lipinski definition) is 3. The Morgan fingerprint density at radius 2 is 2.11 bits per heavy atom. The normalized spacial score (nSPS) is 16.7. The fourth-order valence-electron chi connectivity index (χ4n) is 2.44. The van der Waals surface area contributed by atoms with Crippen molar-refractivity contribution >= 4 is 16.8 Å². The quantitative estimate of drug-likeness (QED) is 0.779. The van der Waals surface area contributed by atoms with Crippen molar-refractivity contribution < 1.29 is 13.7 Å². The molecule has 19 heavy (non-hydrogen) atoms. The van der Waals surface area contributed by atoms with Crippen molar-refractivity contribution in [2.45, 2.75) is 49.7 Å². The van der Waals surface area contributed by atoms with Gasteiger partial charge in [-0.2, -0.15) is 0 Å². The van der Waals surface area contributed by atoms with E-state index in [4.69, 9.17) is 4.74 Å². The molecular formula is C15H20O3S. The molecule has 104 valence electrons. The maximum Gasteiger partial charge on any atom is 0.306 e. The maximum atomic E-state index is 12.4. The second kappa shape index (κ2) is 6.33. The number of hydrogen-bond donors (Lipinski definition) is 0. The summed E-state index contributed by atoms with van der Waals surface area (Å²) in [7, 11) is -1.15. The van der Waals surface area contributed by atoms with Crippen molar-refractivity contribution in [3.8, 4) is 0 Å². The molecule has 0 spiro atoms. The smallest absolute Gasteiger partial charge is 0.306 e. The van der Waals surface area contributed by atoms with E-state index in [1.54, 1.807) is 6.92 Å². The molecule has 1 aliphatic rings. The molecule has 2 atom stereocenters. The number of fused-ring (bicyclic) bond motifs is 1. The van der Waals surface area contributed by atoms with Gasteiger partial charge in [0.25, 0.3) is 0 Å². The number of carbonyl (C=O) groups excluding carboxylic acids is 1. The summed E-state index contributed by atoms with van der Waals surface area (Å²) in [5.74, 6) is -0.274. The van der Waals surface area contributed by atoms with E-state index < -0.39 is 10.8 Å². The van der Waals surface area contributed by atoms with Gasteiger partial charge in [-0.25, -0.2) is 0 Å².